The maximum absolute atomic E-state index is 2.60. The van der Waals surface area contributed by atoms with Crippen molar-refractivity contribution in [2.75, 3.05) is 0 Å². The van der Waals surface area contributed by atoms with Gasteiger partial charge >= 0.3 is 0 Å². The topological polar surface area (TPSA) is 14.8 Å². The lowest BCUT2D eigenvalue weighted by molar-refractivity contribution is 0.662. The summed E-state index contributed by atoms with van der Waals surface area (Å²) < 4.78 is 12.7. The summed E-state index contributed by atoms with van der Waals surface area (Å²) >= 11 is 3.84. The van der Waals surface area contributed by atoms with Crippen molar-refractivity contribution in [1.29, 1.82) is 0 Å². The van der Waals surface area contributed by atoms with E-state index in [4.69, 9.17) is 0 Å². The maximum atomic E-state index is 2.60. The maximum Gasteiger partial charge on any atom is 0.0726 e. The Morgan fingerprint density at radius 1 is 0.284 bits per heavy atom. The number of nitrogens with zero attached hydrogens (tertiary/aromatic N) is 3. The van der Waals surface area contributed by atoms with Crippen molar-refractivity contribution in [3.8, 4) is 50.4 Å². The molecule has 0 N–H and O–H groups in total. The van der Waals surface area contributed by atoms with E-state index in [1.54, 1.807) is 0 Å². The van der Waals surface area contributed by atoms with Gasteiger partial charge in [0.15, 0.2) is 0 Å². The summed E-state index contributed by atoms with van der Waals surface area (Å²) in [4.78, 5) is 0. The van der Waals surface area contributed by atoms with Crippen molar-refractivity contribution < 1.29 is 0 Å². The molecule has 0 unspecified atom stereocenters. The zero-order chi connectivity index (χ0) is 57.7. The Labute approximate surface area is 514 Å². The Hall–Kier alpha value is -10.6. The zero-order valence-corrected chi connectivity index (χ0v) is 49.8. The second-order valence-corrected chi connectivity index (χ2v) is 26.8. The van der Waals surface area contributed by atoms with Crippen LogP contribution in [0.4, 0.5) is 0 Å². The lowest BCUT2D eigenvalue weighted by Gasteiger charge is -2.24. The molecule has 0 aliphatic heterocycles. The summed E-state index contributed by atoms with van der Waals surface area (Å²) in [7, 11) is 0. The number of benzene rings is 14. The van der Waals surface area contributed by atoms with Crippen LogP contribution in [0.3, 0.4) is 0 Å². The van der Waals surface area contributed by atoms with E-state index >= 15 is 0 Å². The van der Waals surface area contributed by atoms with Crippen LogP contribution in [-0.4, -0.2) is 13.7 Å². The lowest BCUT2D eigenvalue weighted by atomic mass is 9.79. The van der Waals surface area contributed by atoms with E-state index in [0.29, 0.717) is 0 Å². The minimum Gasteiger partial charge on any atom is -0.309 e. The first kappa shape index (κ1) is 48.7. The van der Waals surface area contributed by atoms with Gasteiger partial charge in [0.25, 0.3) is 0 Å². The van der Waals surface area contributed by atoms with Crippen LogP contribution in [0, 0.1) is 0 Å². The molecule has 0 fully saturated rings. The summed E-state index contributed by atoms with van der Waals surface area (Å²) in [5.74, 6) is 0. The molecular weight excluding hydrogens is 1100 g/mol. The van der Waals surface area contributed by atoms with Crippen molar-refractivity contribution in [2.45, 2.75) is 19.3 Å². The molecule has 0 amide bonds. The molecule has 0 saturated heterocycles. The second-order valence-electron chi connectivity index (χ2n) is 24.7. The highest BCUT2D eigenvalue weighted by atomic mass is 32.1. The normalized spacial score (nSPS) is 13.2. The van der Waals surface area contributed by atoms with Gasteiger partial charge in [-0.3, -0.25) is 0 Å². The van der Waals surface area contributed by atoms with Gasteiger partial charge in [-0.15, -0.1) is 22.7 Å². The Balaban J connectivity index is 0.802. The number of rotatable bonds is 5. The molecule has 0 radical (unpaired) electrons. The van der Waals surface area contributed by atoms with E-state index in [9.17, 15) is 0 Å². The van der Waals surface area contributed by atoms with Crippen molar-refractivity contribution in [2.24, 2.45) is 0 Å². The van der Waals surface area contributed by atoms with Crippen LogP contribution in [0.5, 0.6) is 0 Å². The van der Waals surface area contributed by atoms with Gasteiger partial charge in [0.1, 0.15) is 0 Å². The van der Waals surface area contributed by atoms with Gasteiger partial charge in [0.2, 0.25) is 0 Å². The van der Waals surface area contributed by atoms with Crippen LogP contribution in [0.15, 0.2) is 273 Å². The molecule has 0 atom stereocenters. The third kappa shape index (κ3) is 6.56. The van der Waals surface area contributed by atoms with Gasteiger partial charge in [-0.1, -0.05) is 208 Å². The minimum absolute atomic E-state index is 0.126. The second kappa shape index (κ2) is 17.8. The predicted molar refractivity (Wildman–Crippen MR) is 379 cm³/mol. The number of hydrogen-bond acceptors (Lipinski definition) is 2. The molecule has 88 heavy (non-hydrogen) atoms. The smallest absolute Gasteiger partial charge is 0.0726 e. The van der Waals surface area contributed by atoms with Crippen molar-refractivity contribution in [1.82, 2.24) is 13.7 Å². The molecule has 5 heteroatoms. The van der Waals surface area contributed by atoms with E-state index in [1.807, 2.05) is 22.7 Å². The van der Waals surface area contributed by atoms with E-state index in [2.05, 4.69) is 301 Å². The van der Waals surface area contributed by atoms with Crippen molar-refractivity contribution in [3.63, 3.8) is 0 Å². The van der Waals surface area contributed by atoms with E-state index in [1.165, 1.54) is 172 Å². The van der Waals surface area contributed by atoms with Gasteiger partial charge in [0, 0.05) is 90.4 Å². The highest BCUT2D eigenvalue weighted by molar-refractivity contribution is 7.27. The molecule has 20 rings (SSSR count). The average molecular weight is 1150 g/mol. The van der Waals surface area contributed by atoms with Crippen LogP contribution in [0.1, 0.15) is 25.0 Å². The van der Waals surface area contributed by atoms with E-state index in [-0.39, 0.29) is 5.41 Å². The van der Waals surface area contributed by atoms with Crippen molar-refractivity contribution >= 4 is 150 Å². The first-order valence-electron chi connectivity index (χ1n) is 30.5. The minimum atomic E-state index is -0.126. The van der Waals surface area contributed by atoms with Gasteiger partial charge in [-0.05, 0) is 145 Å². The van der Waals surface area contributed by atoms with Gasteiger partial charge in [0.05, 0.1) is 37.8 Å². The van der Waals surface area contributed by atoms with Gasteiger partial charge < -0.3 is 13.7 Å². The number of hydrogen-bond donors (Lipinski definition) is 0. The third-order valence-corrected chi connectivity index (χ3v) is 22.1. The van der Waals surface area contributed by atoms with Crippen LogP contribution < -0.4 is 0 Å². The van der Waals surface area contributed by atoms with Crippen LogP contribution >= 0.6 is 22.7 Å². The largest absolute Gasteiger partial charge is 0.309 e. The number of thiophene rings is 2. The van der Waals surface area contributed by atoms with E-state index in [0.717, 1.165) is 17.1 Å². The Morgan fingerprint density at radius 2 is 0.841 bits per heavy atom. The number of para-hydroxylation sites is 2. The number of aromatic nitrogens is 3. The molecule has 5 heterocycles. The molecule has 0 bridgehead atoms. The first-order valence-corrected chi connectivity index (χ1v) is 32.1. The summed E-state index contributed by atoms with van der Waals surface area (Å²) in [6.07, 6.45) is 0. The van der Waals surface area contributed by atoms with Crippen molar-refractivity contribution in [3.05, 3.63) is 284 Å². The average Bonchev–Trinajstić information content (AvgIpc) is 1.60. The molecular formula is C83H51N3S2. The lowest BCUT2D eigenvalue weighted by Crippen LogP contribution is -2.16. The molecule has 14 aromatic carbocycles. The summed E-state index contributed by atoms with van der Waals surface area (Å²) in [5.41, 5.74) is 21.0. The molecule has 5 aromatic heterocycles. The summed E-state index contributed by atoms with van der Waals surface area (Å²) in [6.45, 7) is 4.78. The highest BCUT2D eigenvalue weighted by Gasteiger charge is 2.37. The Morgan fingerprint density at radius 3 is 1.64 bits per heavy atom. The quantitative estimate of drug-likeness (QED) is 0.163. The molecule has 1 aliphatic rings. The van der Waals surface area contributed by atoms with Crippen LogP contribution in [0.2, 0.25) is 0 Å². The van der Waals surface area contributed by atoms with E-state index < -0.39 is 0 Å². The monoisotopic (exact) mass is 1150 g/mol. The van der Waals surface area contributed by atoms with Crippen LogP contribution in [-0.2, 0) is 5.41 Å². The standard InChI is InChI=1S/C83H51N3S2/c1-83(2)69-32-11-7-22-57(69)62-30-16-28-55(79(62)83)48-36-39-52(40-37-48)86-72-44-51(38-41-64(72)77-60-25-5-6-26-61(60)78-65-27-10-14-35-75(65)87-82(78)80(77)86)56-29-17-31-63-68-46-74-67(47-76(68)88-81(56)63)66-42-49-18-3-4-19-50(49)43-73(66)85(74)54-21-15-20-53(45-54)84-70-33-12-8-23-58(70)59-24-9-13-34-71(59)84/h3-47H,1-2H3. The predicted octanol–water partition coefficient (Wildman–Crippen LogP) is 23.7. The summed E-state index contributed by atoms with van der Waals surface area (Å²) in [5, 5.41) is 17.8. The summed E-state index contributed by atoms with van der Waals surface area (Å²) in [6, 6.07) is 103. The van der Waals surface area contributed by atoms with Gasteiger partial charge in [-0.2, -0.15) is 0 Å². The van der Waals surface area contributed by atoms with Gasteiger partial charge in [-0.25, -0.2) is 0 Å². The molecule has 19 aromatic rings. The fraction of sp³-hybridized carbons (Fsp3) is 0.0361. The molecule has 0 saturated carbocycles. The zero-order valence-electron chi connectivity index (χ0n) is 48.1. The molecule has 3 nitrogen and oxygen atoms in total. The van der Waals surface area contributed by atoms with Crippen LogP contribution in [0.25, 0.3) is 178 Å². The molecule has 0 spiro atoms. The Kier molecular flexibility index (Phi) is 9.83. The first-order chi connectivity index (χ1) is 43.4. The highest BCUT2D eigenvalue weighted by Crippen LogP contribution is 2.54. The SMILES string of the molecule is CC1(C)c2ccccc2-c2cccc(-c3ccc(-n4c5cc(-c6cccc7c6sc6cc8c9cc%10ccccc%10cc9n(-c9cccc(-n%10c%11ccccc%11c%11ccccc%11%10)c9)c8cc67)ccc5c5c6ccccc6c6c7ccccc7sc6c54)cc3)c21. The Bertz CT molecular complexity index is 6220. The number of fused-ring (bicyclic) bond motifs is 23. The fourth-order valence-electron chi connectivity index (χ4n) is 16.0. The molecule has 410 valence electrons. The fourth-order valence-corrected chi connectivity index (χ4v) is 18.5. The molecule has 1 aliphatic carbocycles. The third-order valence-electron chi connectivity index (χ3n) is 19.7.